The predicted octanol–water partition coefficient (Wildman–Crippen LogP) is 7.50. The van der Waals surface area contributed by atoms with Crippen LogP contribution in [0.15, 0.2) is 78.0 Å². The first kappa shape index (κ1) is 23.5. The van der Waals surface area contributed by atoms with Crippen molar-refractivity contribution in [2.75, 3.05) is 5.32 Å². The molecule has 0 aliphatic carbocycles. The molecule has 0 radical (unpaired) electrons. The van der Waals surface area contributed by atoms with Gasteiger partial charge in [0.05, 0.1) is 12.1 Å². The molecule has 0 spiro atoms. The van der Waals surface area contributed by atoms with Crippen LogP contribution in [0.5, 0.6) is 0 Å². The van der Waals surface area contributed by atoms with Crippen molar-refractivity contribution in [3.05, 3.63) is 99.8 Å². The van der Waals surface area contributed by atoms with E-state index in [9.17, 15) is 13.2 Å². The topological polar surface area (TPSA) is 42.7 Å². The third-order valence-corrected chi connectivity index (χ3v) is 6.29. The summed E-state index contributed by atoms with van der Waals surface area (Å²) in [6.45, 7) is 0.186. The van der Waals surface area contributed by atoms with E-state index in [4.69, 9.17) is 23.2 Å². The molecule has 1 aromatic heterocycles. The van der Waals surface area contributed by atoms with Crippen molar-refractivity contribution >= 4 is 40.7 Å². The molecule has 0 bridgehead atoms. The van der Waals surface area contributed by atoms with Crippen molar-refractivity contribution in [3.8, 4) is 5.69 Å². The van der Waals surface area contributed by atoms with Gasteiger partial charge >= 0.3 is 6.18 Å². The van der Waals surface area contributed by atoms with Gasteiger partial charge in [0.15, 0.2) is 11.0 Å². The molecule has 170 valence electrons. The molecular formula is C23H17Cl2F3N4S. The average molecular weight is 509 g/mol. The van der Waals surface area contributed by atoms with Crippen LogP contribution >= 0.6 is 35.0 Å². The third kappa shape index (κ3) is 5.82. The first-order valence-electron chi connectivity index (χ1n) is 9.79. The molecule has 0 unspecified atom stereocenters. The lowest BCUT2D eigenvalue weighted by atomic mass is 10.2. The first-order valence-corrected chi connectivity index (χ1v) is 11.5. The largest absolute Gasteiger partial charge is 0.416 e. The second-order valence-corrected chi connectivity index (χ2v) is 8.81. The number of rotatable bonds is 7. The van der Waals surface area contributed by atoms with Crippen LogP contribution in [0.1, 0.15) is 17.0 Å². The number of hydrogen-bond acceptors (Lipinski definition) is 4. The Hall–Kier alpha value is -2.68. The van der Waals surface area contributed by atoms with E-state index in [1.165, 1.54) is 17.8 Å². The number of para-hydroxylation sites is 1. The minimum Gasteiger partial charge on any atom is -0.378 e. The van der Waals surface area contributed by atoms with Crippen LogP contribution in [0.4, 0.5) is 18.9 Å². The molecule has 4 rings (SSSR count). The number of anilines is 1. The van der Waals surface area contributed by atoms with Crippen LogP contribution in [0.3, 0.4) is 0 Å². The Labute approximate surface area is 202 Å². The van der Waals surface area contributed by atoms with Gasteiger partial charge in [-0.25, -0.2) is 0 Å². The zero-order valence-electron chi connectivity index (χ0n) is 17.0. The van der Waals surface area contributed by atoms with Gasteiger partial charge in [0.1, 0.15) is 0 Å². The lowest BCUT2D eigenvalue weighted by Crippen LogP contribution is -2.10. The van der Waals surface area contributed by atoms with Crippen molar-refractivity contribution < 1.29 is 13.2 Å². The van der Waals surface area contributed by atoms with E-state index >= 15 is 0 Å². The van der Waals surface area contributed by atoms with E-state index in [-0.39, 0.29) is 6.54 Å². The fourth-order valence-corrected chi connectivity index (χ4v) is 4.64. The lowest BCUT2D eigenvalue weighted by Gasteiger charge is -2.13. The minimum atomic E-state index is -4.41. The van der Waals surface area contributed by atoms with Crippen LogP contribution in [0.2, 0.25) is 10.0 Å². The zero-order chi connectivity index (χ0) is 23.4. The van der Waals surface area contributed by atoms with E-state index < -0.39 is 11.7 Å². The molecule has 1 N–H and O–H groups in total. The number of nitrogens with zero attached hydrogens (tertiary/aromatic N) is 3. The summed E-state index contributed by atoms with van der Waals surface area (Å²) in [6.07, 6.45) is -4.41. The van der Waals surface area contributed by atoms with Gasteiger partial charge in [-0.05, 0) is 48.0 Å². The molecule has 3 aromatic carbocycles. The van der Waals surface area contributed by atoms with Crippen LogP contribution in [0, 0.1) is 0 Å². The van der Waals surface area contributed by atoms with Gasteiger partial charge in [0.2, 0.25) is 0 Å². The predicted molar refractivity (Wildman–Crippen MR) is 126 cm³/mol. The van der Waals surface area contributed by atoms with E-state index in [1.807, 2.05) is 41.0 Å². The number of thioether (sulfide) groups is 1. The Morgan fingerprint density at radius 2 is 1.70 bits per heavy atom. The molecule has 0 saturated heterocycles. The van der Waals surface area contributed by atoms with Crippen LogP contribution in [0.25, 0.3) is 5.69 Å². The van der Waals surface area contributed by atoms with Gasteiger partial charge in [-0.15, -0.1) is 10.2 Å². The van der Waals surface area contributed by atoms with Crippen molar-refractivity contribution in [3.63, 3.8) is 0 Å². The minimum absolute atomic E-state index is 0.186. The summed E-state index contributed by atoms with van der Waals surface area (Å²) in [7, 11) is 0. The van der Waals surface area contributed by atoms with Crippen molar-refractivity contribution in [2.24, 2.45) is 0 Å². The Morgan fingerprint density at radius 3 is 2.42 bits per heavy atom. The number of halogens is 5. The number of nitrogens with one attached hydrogen (secondary N) is 1. The normalized spacial score (nSPS) is 11.5. The fraction of sp³-hybridized carbons (Fsp3) is 0.130. The van der Waals surface area contributed by atoms with Gasteiger partial charge in [-0.1, -0.05) is 65.3 Å². The Kier molecular flexibility index (Phi) is 7.17. The highest BCUT2D eigenvalue weighted by molar-refractivity contribution is 7.98. The number of hydrogen-bond donors (Lipinski definition) is 1. The van der Waals surface area contributed by atoms with E-state index in [0.717, 1.165) is 23.4 Å². The molecule has 0 amide bonds. The molecule has 10 heteroatoms. The van der Waals surface area contributed by atoms with E-state index in [0.29, 0.717) is 32.5 Å². The summed E-state index contributed by atoms with van der Waals surface area (Å²) in [5.41, 5.74) is 1.37. The highest BCUT2D eigenvalue weighted by atomic mass is 35.5. The van der Waals surface area contributed by atoms with Crippen LogP contribution in [-0.2, 0) is 18.5 Å². The lowest BCUT2D eigenvalue weighted by molar-refractivity contribution is -0.137. The van der Waals surface area contributed by atoms with Gasteiger partial charge < -0.3 is 5.32 Å². The molecule has 4 aromatic rings. The molecule has 0 aliphatic rings. The first-order chi connectivity index (χ1) is 15.8. The molecule has 0 fully saturated rings. The standard InChI is InChI=1S/C23H17Cl2F3N4S/c24-17-10-9-15(20(25)12-17)14-33-22-31-30-21(32(22)19-7-2-1-3-8-19)13-29-18-6-4-5-16(11-18)23(26,27)28/h1-12,29H,13-14H2. The molecule has 4 nitrogen and oxygen atoms in total. The third-order valence-electron chi connectivity index (χ3n) is 4.73. The smallest absolute Gasteiger partial charge is 0.378 e. The highest BCUT2D eigenvalue weighted by Crippen LogP contribution is 2.32. The molecule has 0 saturated carbocycles. The maximum absolute atomic E-state index is 13.0. The maximum Gasteiger partial charge on any atom is 0.416 e. The summed E-state index contributed by atoms with van der Waals surface area (Å²) >= 11 is 13.7. The quantitative estimate of drug-likeness (QED) is 0.262. The SMILES string of the molecule is FC(F)(F)c1cccc(NCc2nnc(SCc3ccc(Cl)cc3Cl)n2-c2ccccc2)c1. The summed E-state index contributed by atoms with van der Waals surface area (Å²) < 4.78 is 40.9. The Bertz CT molecular complexity index is 1250. The van der Waals surface area contributed by atoms with Gasteiger partial charge in [-0.2, -0.15) is 13.2 Å². The molecule has 0 atom stereocenters. The summed E-state index contributed by atoms with van der Waals surface area (Å²) in [6, 6.07) is 19.9. The number of aromatic nitrogens is 3. The Morgan fingerprint density at radius 1 is 0.909 bits per heavy atom. The van der Waals surface area contributed by atoms with Crippen LogP contribution in [-0.4, -0.2) is 14.8 Å². The van der Waals surface area contributed by atoms with Gasteiger partial charge in [-0.3, -0.25) is 4.57 Å². The number of benzene rings is 3. The van der Waals surface area contributed by atoms with Crippen LogP contribution < -0.4 is 5.32 Å². The molecule has 1 heterocycles. The summed E-state index contributed by atoms with van der Waals surface area (Å²) in [4.78, 5) is 0. The van der Waals surface area contributed by atoms with Gasteiger partial charge in [0, 0.05) is 27.2 Å². The van der Waals surface area contributed by atoms with Crippen molar-refractivity contribution in [2.45, 2.75) is 23.6 Å². The highest BCUT2D eigenvalue weighted by Gasteiger charge is 2.30. The fourth-order valence-electron chi connectivity index (χ4n) is 3.11. The summed E-state index contributed by atoms with van der Waals surface area (Å²) in [5.74, 6) is 1.10. The summed E-state index contributed by atoms with van der Waals surface area (Å²) in [5, 5.41) is 13.4. The molecule has 0 aliphatic heterocycles. The van der Waals surface area contributed by atoms with Crippen molar-refractivity contribution in [1.29, 1.82) is 0 Å². The van der Waals surface area contributed by atoms with E-state index in [1.54, 1.807) is 18.2 Å². The molecule has 33 heavy (non-hydrogen) atoms. The monoisotopic (exact) mass is 508 g/mol. The van der Waals surface area contributed by atoms with E-state index in [2.05, 4.69) is 15.5 Å². The number of alkyl halides is 3. The second kappa shape index (κ2) is 10.1. The zero-order valence-corrected chi connectivity index (χ0v) is 19.3. The van der Waals surface area contributed by atoms with Gasteiger partial charge in [0.25, 0.3) is 0 Å². The maximum atomic E-state index is 13.0. The van der Waals surface area contributed by atoms with Crippen molar-refractivity contribution in [1.82, 2.24) is 14.8 Å². The Balaban J connectivity index is 1.58. The average Bonchev–Trinajstić information content (AvgIpc) is 3.20. The second-order valence-electron chi connectivity index (χ2n) is 7.03. The molecular weight excluding hydrogens is 492 g/mol.